The first-order valence-electron chi connectivity index (χ1n) is 10.9. The number of nitrogens with zero attached hydrogens (tertiary/aromatic N) is 2. The Morgan fingerprint density at radius 2 is 1.76 bits per heavy atom. The van der Waals surface area contributed by atoms with Crippen molar-refractivity contribution in [3.8, 4) is 0 Å². The van der Waals surface area contributed by atoms with Crippen LogP contribution in [-0.2, 0) is 0 Å². The van der Waals surface area contributed by atoms with E-state index in [4.69, 9.17) is 5.11 Å². The number of hydrogen-bond acceptors (Lipinski definition) is 3. The lowest BCUT2D eigenvalue weighted by Crippen LogP contribution is -2.47. The van der Waals surface area contributed by atoms with E-state index in [2.05, 4.69) is 37.1 Å². The van der Waals surface area contributed by atoms with Crippen LogP contribution in [0, 0.1) is 5.41 Å². The zero-order chi connectivity index (χ0) is 21.0. The Morgan fingerprint density at radius 3 is 2.34 bits per heavy atom. The minimum absolute atomic E-state index is 0.349. The van der Waals surface area contributed by atoms with Crippen molar-refractivity contribution >= 4 is 11.7 Å². The first-order chi connectivity index (χ1) is 13.7. The highest BCUT2D eigenvalue weighted by Crippen LogP contribution is 2.40. The van der Waals surface area contributed by atoms with E-state index in [0.717, 1.165) is 44.8 Å². The van der Waals surface area contributed by atoms with Gasteiger partial charge in [0.05, 0.1) is 5.56 Å². The van der Waals surface area contributed by atoms with Crippen molar-refractivity contribution in [3.63, 3.8) is 0 Å². The summed E-state index contributed by atoms with van der Waals surface area (Å²) >= 11 is 0. The Bertz CT molecular complexity index is 769. The largest absolute Gasteiger partial charge is 0.478 e. The molecule has 1 aliphatic carbocycles. The summed E-state index contributed by atoms with van der Waals surface area (Å²) in [5, 5.41) is 9.07. The molecule has 1 aromatic rings. The second-order valence-electron chi connectivity index (χ2n) is 9.62. The molecule has 0 radical (unpaired) electrons. The van der Waals surface area contributed by atoms with Crippen molar-refractivity contribution in [3.05, 3.63) is 53.1 Å². The number of anilines is 1. The first kappa shape index (κ1) is 21.6. The number of carbonyl (C=O) groups is 1. The second-order valence-corrected chi connectivity index (χ2v) is 9.62. The smallest absolute Gasteiger partial charge is 0.335 e. The third-order valence-electron chi connectivity index (χ3n) is 6.42. The van der Waals surface area contributed by atoms with Crippen LogP contribution in [-0.4, -0.2) is 48.7 Å². The summed E-state index contributed by atoms with van der Waals surface area (Å²) in [5.74, 6) is -0.868. The molecule has 2 aliphatic rings. The van der Waals surface area contributed by atoms with E-state index in [0.29, 0.717) is 11.0 Å². The van der Waals surface area contributed by atoms with Crippen molar-refractivity contribution < 1.29 is 9.90 Å². The molecule has 29 heavy (non-hydrogen) atoms. The van der Waals surface area contributed by atoms with Crippen LogP contribution in [0.5, 0.6) is 0 Å². The van der Waals surface area contributed by atoms with Gasteiger partial charge >= 0.3 is 5.97 Å². The first-order valence-corrected chi connectivity index (χ1v) is 10.9. The molecular formula is C25H36N2O2. The highest BCUT2D eigenvalue weighted by atomic mass is 16.4. The molecule has 4 heteroatoms. The molecule has 0 aromatic heterocycles. The molecule has 0 saturated carbocycles. The maximum absolute atomic E-state index is 11.0. The van der Waals surface area contributed by atoms with Gasteiger partial charge in [-0.2, -0.15) is 0 Å². The van der Waals surface area contributed by atoms with Crippen LogP contribution in [0.15, 0.2) is 47.6 Å². The number of hydrogen-bond donors (Lipinski definition) is 1. The van der Waals surface area contributed by atoms with Crippen LogP contribution in [0.4, 0.5) is 5.69 Å². The van der Waals surface area contributed by atoms with Gasteiger partial charge in [-0.3, -0.25) is 4.90 Å². The average molecular weight is 397 g/mol. The Morgan fingerprint density at radius 1 is 1.10 bits per heavy atom. The molecule has 1 fully saturated rings. The molecular weight excluding hydrogens is 360 g/mol. The van der Waals surface area contributed by atoms with Crippen molar-refractivity contribution in [2.75, 3.05) is 37.6 Å². The average Bonchev–Trinajstić information content (AvgIpc) is 2.67. The van der Waals surface area contributed by atoms with E-state index in [1.807, 2.05) is 12.1 Å². The standard InChI is InChI=1S/C25H36N2O2/c1-19(2)5-6-20-11-12-25(3,4)17-22(20)18-26-13-15-27(16-14-26)23-9-7-21(8-10-23)24(28)29/h7-10H,1,5-6,11-18H2,2-4H3,(H,28,29). The Labute approximate surface area is 175 Å². The number of carboxylic acid groups (broad SMARTS) is 1. The fourth-order valence-electron chi connectivity index (χ4n) is 4.54. The summed E-state index contributed by atoms with van der Waals surface area (Å²) in [6, 6.07) is 7.27. The van der Waals surface area contributed by atoms with Crippen molar-refractivity contribution in [1.29, 1.82) is 0 Å². The van der Waals surface area contributed by atoms with Crippen LogP contribution < -0.4 is 4.90 Å². The quantitative estimate of drug-likeness (QED) is 0.629. The van der Waals surface area contributed by atoms with Gasteiger partial charge in [0, 0.05) is 38.4 Å². The third kappa shape index (κ3) is 5.96. The van der Waals surface area contributed by atoms with E-state index < -0.39 is 5.97 Å². The predicted octanol–water partition coefficient (Wildman–Crippen LogP) is 5.37. The van der Waals surface area contributed by atoms with E-state index in [9.17, 15) is 4.79 Å². The van der Waals surface area contributed by atoms with E-state index in [1.165, 1.54) is 31.3 Å². The lowest BCUT2D eigenvalue weighted by Gasteiger charge is -2.39. The van der Waals surface area contributed by atoms with Crippen LogP contribution in [0.25, 0.3) is 0 Å². The molecule has 158 valence electrons. The normalized spacial score (nSPS) is 20.0. The molecule has 1 saturated heterocycles. The molecule has 4 nitrogen and oxygen atoms in total. The summed E-state index contributed by atoms with van der Waals surface area (Å²) in [6.45, 7) is 16.2. The SMILES string of the molecule is C=C(C)CCC1=C(CN2CCN(c3ccc(C(=O)O)cc3)CC2)CC(C)(C)CC1. The summed E-state index contributed by atoms with van der Waals surface area (Å²) < 4.78 is 0. The topological polar surface area (TPSA) is 43.8 Å². The number of allylic oxidation sites excluding steroid dienone is 2. The highest BCUT2D eigenvalue weighted by Gasteiger charge is 2.28. The molecule has 1 heterocycles. The zero-order valence-electron chi connectivity index (χ0n) is 18.3. The third-order valence-corrected chi connectivity index (χ3v) is 6.42. The Balaban J connectivity index is 1.60. The minimum atomic E-state index is -0.868. The predicted molar refractivity (Wildman–Crippen MR) is 121 cm³/mol. The fraction of sp³-hybridized carbons (Fsp3) is 0.560. The van der Waals surface area contributed by atoms with Gasteiger partial charge in [0.2, 0.25) is 0 Å². The number of rotatable bonds is 7. The molecule has 1 N–H and O–H groups in total. The molecule has 0 bridgehead atoms. The van der Waals surface area contributed by atoms with Crippen molar-refractivity contribution in [2.45, 2.75) is 52.9 Å². The lowest BCUT2D eigenvalue weighted by molar-refractivity contribution is 0.0697. The van der Waals surface area contributed by atoms with Gasteiger partial charge in [0.25, 0.3) is 0 Å². The summed E-state index contributed by atoms with van der Waals surface area (Å²) in [7, 11) is 0. The van der Waals surface area contributed by atoms with Gasteiger partial charge in [-0.1, -0.05) is 30.6 Å². The van der Waals surface area contributed by atoms with Gasteiger partial charge in [-0.25, -0.2) is 4.79 Å². The second kappa shape index (κ2) is 9.17. The van der Waals surface area contributed by atoms with Gasteiger partial charge < -0.3 is 10.0 Å². The number of aromatic carboxylic acids is 1. The fourth-order valence-corrected chi connectivity index (χ4v) is 4.54. The maximum atomic E-state index is 11.0. The van der Waals surface area contributed by atoms with Crippen LogP contribution in [0.2, 0.25) is 0 Å². The molecule has 1 aromatic carbocycles. The number of carboxylic acids is 1. The number of piperazine rings is 1. The van der Waals surface area contributed by atoms with Gasteiger partial charge in [-0.05, 0) is 68.7 Å². The molecule has 0 unspecified atom stereocenters. The molecule has 3 rings (SSSR count). The zero-order valence-corrected chi connectivity index (χ0v) is 18.3. The molecule has 0 atom stereocenters. The van der Waals surface area contributed by atoms with E-state index in [1.54, 1.807) is 23.3 Å². The monoisotopic (exact) mass is 396 g/mol. The van der Waals surface area contributed by atoms with Crippen LogP contribution in [0.1, 0.15) is 63.2 Å². The lowest BCUT2D eigenvalue weighted by atomic mass is 9.73. The van der Waals surface area contributed by atoms with Crippen LogP contribution in [0.3, 0.4) is 0 Å². The Kier molecular flexibility index (Phi) is 6.84. The summed E-state index contributed by atoms with van der Waals surface area (Å²) in [4.78, 5) is 16.0. The van der Waals surface area contributed by atoms with Crippen LogP contribution >= 0.6 is 0 Å². The number of benzene rings is 1. The van der Waals surface area contributed by atoms with Crippen molar-refractivity contribution in [1.82, 2.24) is 4.90 Å². The molecule has 0 amide bonds. The van der Waals surface area contributed by atoms with Gasteiger partial charge in [-0.15, -0.1) is 6.58 Å². The van der Waals surface area contributed by atoms with Gasteiger partial charge in [0.15, 0.2) is 0 Å². The Hall–Kier alpha value is -2.07. The maximum Gasteiger partial charge on any atom is 0.335 e. The van der Waals surface area contributed by atoms with E-state index >= 15 is 0 Å². The summed E-state index contributed by atoms with van der Waals surface area (Å²) in [5.41, 5.74) is 6.51. The molecule has 0 spiro atoms. The minimum Gasteiger partial charge on any atom is -0.478 e. The van der Waals surface area contributed by atoms with Crippen molar-refractivity contribution in [2.24, 2.45) is 5.41 Å². The molecule has 1 aliphatic heterocycles. The highest BCUT2D eigenvalue weighted by molar-refractivity contribution is 5.88. The van der Waals surface area contributed by atoms with E-state index in [-0.39, 0.29) is 0 Å². The summed E-state index contributed by atoms with van der Waals surface area (Å²) in [6.07, 6.45) is 6.04. The van der Waals surface area contributed by atoms with Gasteiger partial charge in [0.1, 0.15) is 0 Å².